The Morgan fingerprint density at radius 2 is 0.625 bits per heavy atom. The molecule has 0 amide bonds. The average Bonchev–Trinajstić information content (AvgIpc) is 3.16. The van der Waals surface area contributed by atoms with Gasteiger partial charge < -0.3 is 0 Å². The first-order chi connectivity index (χ1) is 23.8. The van der Waals surface area contributed by atoms with E-state index in [1.165, 1.54) is 98.4 Å². The van der Waals surface area contributed by atoms with Crippen molar-refractivity contribution in [2.24, 2.45) is 0 Å². The first kappa shape index (κ1) is 26.9. The van der Waals surface area contributed by atoms with Crippen molar-refractivity contribution in [3.8, 4) is 44.5 Å². The van der Waals surface area contributed by atoms with Gasteiger partial charge in [0, 0.05) is 0 Å². The summed E-state index contributed by atoms with van der Waals surface area (Å²) in [7, 11) is 0. The van der Waals surface area contributed by atoms with E-state index in [0.29, 0.717) is 0 Å². The molecule has 222 valence electrons. The summed E-state index contributed by atoms with van der Waals surface area (Å²) < 4.78 is 0. The molecule has 0 aliphatic heterocycles. The van der Waals surface area contributed by atoms with Crippen molar-refractivity contribution in [2.45, 2.75) is 0 Å². The van der Waals surface area contributed by atoms with Gasteiger partial charge in [0.2, 0.25) is 0 Å². The van der Waals surface area contributed by atoms with Crippen LogP contribution in [0.2, 0.25) is 0 Å². The maximum Gasteiger partial charge on any atom is -0.00262 e. The van der Waals surface area contributed by atoms with Gasteiger partial charge in [-0.15, -0.1) is 0 Å². The first-order valence-corrected chi connectivity index (χ1v) is 16.7. The number of rotatable bonds is 4. The Bertz CT molecular complexity index is 2680. The molecule has 0 spiro atoms. The fraction of sp³-hybridized carbons (Fsp3) is 0. The molecular weight excluding hydrogens is 577 g/mol. The molecule has 0 bridgehead atoms. The average molecular weight is 607 g/mol. The van der Waals surface area contributed by atoms with E-state index in [1.54, 1.807) is 0 Å². The standard InChI is InChI=1S/C48H30/c1-2-10-31(11-3-1)32-20-22-35(23-21-32)47-41-16-4-6-18-43(41)48(44-19-7-5-17-42(44)47)37-15-9-14-36(28-37)40-29-38-26-24-33-12-8-13-34-25-27-39(30-40)46(38)45(33)34/h1-30H. The van der Waals surface area contributed by atoms with Gasteiger partial charge in [-0.2, -0.15) is 0 Å². The summed E-state index contributed by atoms with van der Waals surface area (Å²) in [4.78, 5) is 0. The highest BCUT2D eigenvalue weighted by Crippen LogP contribution is 2.45. The second kappa shape index (κ2) is 10.7. The van der Waals surface area contributed by atoms with Crippen LogP contribution in [0.5, 0.6) is 0 Å². The lowest BCUT2D eigenvalue weighted by atomic mass is 9.85. The summed E-state index contributed by atoms with van der Waals surface area (Å²) in [5.41, 5.74) is 9.97. The van der Waals surface area contributed by atoms with Gasteiger partial charge in [0.15, 0.2) is 0 Å². The number of hydrogen-bond donors (Lipinski definition) is 0. The maximum absolute atomic E-state index is 2.38. The van der Waals surface area contributed by atoms with Crippen LogP contribution in [0.15, 0.2) is 182 Å². The van der Waals surface area contributed by atoms with E-state index in [0.717, 1.165) is 0 Å². The van der Waals surface area contributed by atoms with Crippen LogP contribution in [0.1, 0.15) is 0 Å². The molecule has 0 heterocycles. The highest BCUT2D eigenvalue weighted by molar-refractivity contribution is 6.24. The van der Waals surface area contributed by atoms with Crippen molar-refractivity contribution in [1.29, 1.82) is 0 Å². The van der Waals surface area contributed by atoms with Crippen molar-refractivity contribution >= 4 is 53.9 Å². The summed E-state index contributed by atoms with van der Waals surface area (Å²) >= 11 is 0. The van der Waals surface area contributed by atoms with Crippen molar-refractivity contribution in [1.82, 2.24) is 0 Å². The minimum Gasteiger partial charge on any atom is -0.0622 e. The third kappa shape index (κ3) is 4.16. The van der Waals surface area contributed by atoms with Gasteiger partial charge >= 0.3 is 0 Å². The zero-order chi connectivity index (χ0) is 31.6. The van der Waals surface area contributed by atoms with Gasteiger partial charge in [-0.25, -0.2) is 0 Å². The minimum absolute atomic E-state index is 1.23. The molecule has 48 heavy (non-hydrogen) atoms. The topological polar surface area (TPSA) is 0 Å². The second-order valence-corrected chi connectivity index (χ2v) is 12.9. The third-order valence-electron chi connectivity index (χ3n) is 10.2. The summed E-state index contributed by atoms with van der Waals surface area (Å²) in [5.74, 6) is 0. The molecule has 0 unspecified atom stereocenters. The quantitative estimate of drug-likeness (QED) is 0.138. The van der Waals surface area contributed by atoms with Crippen molar-refractivity contribution < 1.29 is 0 Å². The van der Waals surface area contributed by atoms with Crippen LogP contribution in [0.3, 0.4) is 0 Å². The van der Waals surface area contributed by atoms with E-state index in [9.17, 15) is 0 Å². The van der Waals surface area contributed by atoms with Gasteiger partial charge in [-0.1, -0.05) is 164 Å². The highest BCUT2D eigenvalue weighted by atomic mass is 14.2. The van der Waals surface area contributed by atoms with Crippen LogP contribution in [0.25, 0.3) is 98.4 Å². The molecule has 0 aliphatic rings. The summed E-state index contributed by atoms with van der Waals surface area (Å²) in [5, 5.41) is 13.0. The van der Waals surface area contributed by atoms with Gasteiger partial charge in [0.05, 0.1) is 0 Å². The maximum atomic E-state index is 2.38. The van der Waals surface area contributed by atoms with E-state index in [4.69, 9.17) is 0 Å². The Labute approximate surface area is 279 Å². The monoisotopic (exact) mass is 606 g/mol. The summed E-state index contributed by atoms with van der Waals surface area (Å²) in [6.45, 7) is 0. The molecule has 0 nitrogen and oxygen atoms in total. The molecule has 10 aromatic carbocycles. The van der Waals surface area contributed by atoms with Crippen molar-refractivity contribution in [2.75, 3.05) is 0 Å². The van der Waals surface area contributed by atoms with E-state index in [2.05, 4.69) is 182 Å². The third-order valence-corrected chi connectivity index (χ3v) is 10.2. The van der Waals surface area contributed by atoms with Crippen LogP contribution < -0.4 is 0 Å². The zero-order valence-electron chi connectivity index (χ0n) is 26.3. The number of hydrogen-bond acceptors (Lipinski definition) is 0. The molecule has 0 saturated carbocycles. The molecule has 0 aliphatic carbocycles. The molecule has 0 N–H and O–H groups in total. The Hall–Kier alpha value is -6.24. The van der Waals surface area contributed by atoms with E-state index < -0.39 is 0 Å². The lowest BCUT2D eigenvalue weighted by molar-refractivity contribution is 1.61. The Morgan fingerprint density at radius 1 is 0.208 bits per heavy atom. The van der Waals surface area contributed by atoms with Gasteiger partial charge in [-0.3, -0.25) is 0 Å². The normalized spacial score (nSPS) is 11.8. The van der Waals surface area contributed by atoms with Gasteiger partial charge in [0.1, 0.15) is 0 Å². The number of benzene rings is 10. The lowest BCUT2D eigenvalue weighted by Crippen LogP contribution is -1.91. The van der Waals surface area contributed by atoms with Crippen LogP contribution in [-0.2, 0) is 0 Å². The summed E-state index contributed by atoms with van der Waals surface area (Å²) in [6, 6.07) is 67.1. The predicted octanol–water partition coefficient (Wildman–Crippen LogP) is 13.6. The first-order valence-electron chi connectivity index (χ1n) is 16.7. The lowest BCUT2D eigenvalue weighted by Gasteiger charge is -2.18. The summed E-state index contributed by atoms with van der Waals surface area (Å²) in [6.07, 6.45) is 0. The SMILES string of the molecule is c1ccc(-c2ccc(-c3c4ccccc4c(-c4cccc(-c5cc6ccc7cccc8ccc(c5)c6c78)c4)c4ccccc34)cc2)cc1. The molecule has 0 atom stereocenters. The Morgan fingerprint density at radius 3 is 1.23 bits per heavy atom. The van der Waals surface area contributed by atoms with E-state index >= 15 is 0 Å². The molecule has 10 rings (SSSR count). The van der Waals surface area contributed by atoms with Crippen LogP contribution >= 0.6 is 0 Å². The van der Waals surface area contributed by atoms with Crippen molar-refractivity contribution in [3.05, 3.63) is 182 Å². The zero-order valence-corrected chi connectivity index (χ0v) is 26.3. The number of fused-ring (bicyclic) bond motifs is 2. The van der Waals surface area contributed by atoms with Gasteiger partial charge in [0.25, 0.3) is 0 Å². The Balaban J connectivity index is 1.16. The second-order valence-electron chi connectivity index (χ2n) is 12.9. The molecule has 0 radical (unpaired) electrons. The van der Waals surface area contributed by atoms with Crippen molar-refractivity contribution in [3.63, 3.8) is 0 Å². The van der Waals surface area contributed by atoms with Crippen LogP contribution in [0, 0.1) is 0 Å². The van der Waals surface area contributed by atoms with Crippen LogP contribution in [-0.4, -0.2) is 0 Å². The van der Waals surface area contributed by atoms with E-state index in [-0.39, 0.29) is 0 Å². The smallest absolute Gasteiger partial charge is 0.00262 e. The highest BCUT2D eigenvalue weighted by Gasteiger charge is 2.17. The molecule has 0 saturated heterocycles. The largest absolute Gasteiger partial charge is 0.0622 e. The fourth-order valence-electron chi connectivity index (χ4n) is 7.98. The molecule has 0 heteroatoms. The molecule has 0 fully saturated rings. The van der Waals surface area contributed by atoms with Gasteiger partial charge in [-0.05, 0) is 117 Å². The van der Waals surface area contributed by atoms with E-state index in [1.807, 2.05) is 0 Å². The Kier molecular flexibility index (Phi) is 5.98. The van der Waals surface area contributed by atoms with Crippen LogP contribution in [0.4, 0.5) is 0 Å². The molecule has 0 aromatic heterocycles. The molecule has 10 aromatic rings. The minimum atomic E-state index is 1.23. The fourth-order valence-corrected chi connectivity index (χ4v) is 7.98. The molecular formula is C48H30. The predicted molar refractivity (Wildman–Crippen MR) is 207 cm³/mol.